The second kappa shape index (κ2) is 9.09. The van der Waals surface area contributed by atoms with Crippen molar-refractivity contribution in [2.24, 2.45) is 0 Å². The molecule has 0 fully saturated rings. The summed E-state index contributed by atoms with van der Waals surface area (Å²) < 4.78 is 10.2. The molecule has 0 bridgehead atoms. The molecular weight excluding hydrogens is 366 g/mol. The highest BCUT2D eigenvalue weighted by atomic mass is 32.1. The zero-order valence-electron chi connectivity index (χ0n) is 14.8. The van der Waals surface area contributed by atoms with Gasteiger partial charge in [-0.2, -0.15) is 16.3 Å². The third kappa shape index (κ3) is 5.49. The van der Waals surface area contributed by atoms with E-state index in [1.165, 1.54) is 4.90 Å². The smallest absolute Gasteiger partial charge is 0.306 e. The lowest BCUT2D eigenvalue weighted by molar-refractivity contribution is -0.151. The Morgan fingerprint density at radius 1 is 1.22 bits per heavy atom. The first-order chi connectivity index (χ1) is 13.1. The molecule has 1 amide bonds. The number of ether oxygens (including phenoxy) is 1. The van der Waals surface area contributed by atoms with Gasteiger partial charge in [-0.15, -0.1) is 0 Å². The van der Waals surface area contributed by atoms with E-state index in [9.17, 15) is 9.59 Å². The Bertz CT molecular complexity index is 878. The maximum Gasteiger partial charge on any atom is 0.306 e. The van der Waals surface area contributed by atoms with E-state index in [0.29, 0.717) is 18.3 Å². The number of nitrogens with zero attached hydrogens (tertiary/aromatic N) is 3. The van der Waals surface area contributed by atoms with Crippen LogP contribution in [0.25, 0.3) is 11.4 Å². The van der Waals surface area contributed by atoms with Crippen molar-refractivity contribution in [3.05, 3.63) is 58.6 Å². The zero-order chi connectivity index (χ0) is 19.1. The van der Waals surface area contributed by atoms with Crippen LogP contribution in [0.2, 0.25) is 0 Å². The molecule has 3 aromatic rings. The molecule has 1 aromatic carbocycles. The number of aromatic nitrogens is 2. The van der Waals surface area contributed by atoms with Gasteiger partial charge in [-0.05, 0) is 17.0 Å². The quantitative estimate of drug-likeness (QED) is 0.554. The predicted molar refractivity (Wildman–Crippen MR) is 99.8 cm³/mol. The van der Waals surface area contributed by atoms with Crippen molar-refractivity contribution >= 4 is 23.2 Å². The number of hydrogen-bond acceptors (Lipinski definition) is 7. The number of amides is 1. The van der Waals surface area contributed by atoms with Gasteiger partial charge in [0.1, 0.15) is 0 Å². The van der Waals surface area contributed by atoms with E-state index in [2.05, 4.69) is 10.1 Å². The average Bonchev–Trinajstić information content (AvgIpc) is 3.36. The number of rotatable bonds is 8. The summed E-state index contributed by atoms with van der Waals surface area (Å²) in [5, 5.41) is 7.72. The summed E-state index contributed by atoms with van der Waals surface area (Å²) in [6, 6.07) is 11.5. The number of thiophene rings is 1. The number of esters is 1. The molecule has 140 valence electrons. The van der Waals surface area contributed by atoms with Crippen LogP contribution in [0.1, 0.15) is 17.9 Å². The van der Waals surface area contributed by atoms with Crippen LogP contribution in [-0.4, -0.2) is 40.6 Å². The van der Waals surface area contributed by atoms with Crippen LogP contribution in [-0.2, 0) is 27.3 Å². The molecule has 3 rings (SSSR count). The molecule has 2 heterocycles. The van der Waals surface area contributed by atoms with E-state index >= 15 is 0 Å². The molecule has 0 atom stereocenters. The third-order valence-electron chi connectivity index (χ3n) is 3.84. The summed E-state index contributed by atoms with van der Waals surface area (Å²) in [6.45, 7) is 0.177. The Morgan fingerprint density at radius 2 is 2.04 bits per heavy atom. The van der Waals surface area contributed by atoms with Gasteiger partial charge in [-0.25, -0.2) is 0 Å². The zero-order valence-corrected chi connectivity index (χ0v) is 15.6. The third-order valence-corrected chi connectivity index (χ3v) is 4.52. The standard InChI is InChI=1S/C19H19N3O4S/c1-22(11-14-5-3-2-4-6-14)17(23)12-25-18(24)8-7-16-20-19(21-26-16)15-9-10-27-13-15/h2-6,9-10,13H,7-8,11-12H2,1H3. The van der Waals surface area contributed by atoms with Gasteiger partial charge in [-0.3, -0.25) is 9.59 Å². The van der Waals surface area contributed by atoms with Crippen molar-refractivity contribution in [3.63, 3.8) is 0 Å². The van der Waals surface area contributed by atoms with Crippen LogP contribution in [0.3, 0.4) is 0 Å². The molecule has 7 nitrogen and oxygen atoms in total. The molecule has 0 aliphatic heterocycles. The van der Waals surface area contributed by atoms with Crippen molar-refractivity contribution in [1.29, 1.82) is 0 Å². The molecule has 0 radical (unpaired) electrons. The highest BCUT2D eigenvalue weighted by Gasteiger charge is 2.14. The van der Waals surface area contributed by atoms with Crippen molar-refractivity contribution < 1.29 is 18.8 Å². The van der Waals surface area contributed by atoms with Gasteiger partial charge >= 0.3 is 5.97 Å². The average molecular weight is 385 g/mol. The molecule has 0 aliphatic carbocycles. The minimum atomic E-state index is -0.480. The summed E-state index contributed by atoms with van der Waals surface area (Å²) in [5.74, 6) is 0.120. The van der Waals surface area contributed by atoms with Gasteiger partial charge in [0.2, 0.25) is 11.7 Å². The van der Waals surface area contributed by atoms with Crippen LogP contribution < -0.4 is 0 Å². The van der Waals surface area contributed by atoms with Crippen LogP contribution >= 0.6 is 11.3 Å². The topological polar surface area (TPSA) is 85.5 Å². The van der Waals surface area contributed by atoms with Gasteiger partial charge in [0, 0.05) is 31.0 Å². The number of hydrogen-bond donors (Lipinski definition) is 0. The van der Waals surface area contributed by atoms with Crippen molar-refractivity contribution in [2.75, 3.05) is 13.7 Å². The Balaban J connectivity index is 1.40. The largest absolute Gasteiger partial charge is 0.456 e. The van der Waals surface area contributed by atoms with E-state index < -0.39 is 5.97 Å². The van der Waals surface area contributed by atoms with Crippen LogP contribution in [0.15, 0.2) is 51.7 Å². The molecule has 0 unspecified atom stereocenters. The molecule has 0 saturated heterocycles. The highest BCUT2D eigenvalue weighted by molar-refractivity contribution is 7.08. The van der Waals surface area contributed by atoms with E-state index in [0.717, 1.165) is 11.1 Å². The summed E-state index contributed by atoms with van der Waals surface area (Å²) >= 11 is 1.54. The summed E-state index contributed by atoms with van der Waals surface area (Å²) in [5.41, 5.74) is 1.89. The molecule has 0 saturated carbocycles. The lowest BCUT2D eigenvalue weighted by Crippen LogP contribution is -2.30. The second-order valence-electron chi connectivity index (χ2n) is 5.92. The molecule has 0 aliphatic rings. The van der Waals surface area contributed by atoms with Crippen molar-refractivity contribution in [2.45, 2.75) is 19.4 Å². The molecule has 8 heteroatoms. The second-order valence-corrected chi connectivity index (χ2v) is 6.70. The fourth-order valence-electron chi connectivity index (χ4n) is 2.34. The van der Waals surface area contributed by atoms with Gasteiger partial charge in [0.25, 0.3) is 5.91 Å². The van der Waals surface area contributed by atoms with E-state index in [1.807, 2.05) is 47.2 Å². The Labute approximate surface area is 160 Å². The summed E-state index contributed by atoms with van der Waals surface area (Å²) in [6.07, 6.45) is 0.338. The van der Waals surface area contributed by atoms with Crippen LogP contribution in [0, 0.1) is 0 Å². The minimum absolute atomic E-state index is 0.0704. The van der Waals surface area contributed by atoms with E-state index in [-0.39, 0.29) is 25.4 Å². The summed E-state index contributed by atoms with van der Waals surface area (Å²) in [4.78, 5) is 29.7. The van der Waals surface area contributed by atoms with Gasteiger partial charge in [0.05, 0.1) is 6.42 Å². The van der Waals surface area contributed by atoms with Gasteiger partial charge < -0.3 is 14.2 Å². The predicted octanol–water partition coefficient (Wildman–Crippen LogP) is 2.93. The maximum absolute atomic E-state index is 12.1. The van der Waals surface area contributed by atoms with Crippen molar-refractivity contribution in [1.82, 2.24) is 15.0 Å². The first kappa shape index (κ1) is 18.8. The Morgan fingerprint density at radius 3 is 2.78 bits per heavy atom. The summed E-state index contributed by atoms with van der Waals surface area (Å²) in [7, 11) is 1.67. The van der Waals surface area contributed by atoms with Crippen LogP contribution in [0.4, 0.5) is 0 Å². The normalized spacial score (nSPS) is 10.6. The van der Waals surface area contributed by atoms with Crippen molar-refractivity contribution in [3.8, 4) is 11.4 Å². The molecule has 2 aromatic heterocycles. The van der Waals surface area contributed by atoms with E-state index in [4.69, 9.17) is 9.26 Å². The Kier molecular flexibility index (Phi) is 6.32. The number of carbonyl (C=O) groups is 2. The first-order valence-electron chi connectivity index (χ1n) is 8.40. The lowest BCUT2D eigenvalue weighted by Gasteiger charge is -2.17. The fraction of sp³-hybridized carbons (Fsp3) is 0.263. The molecular formula is C19H19N3O4S. The van der Waals surface area contributed by atoms with Gasteiger partial charge in [0.15, 0.2) is 6.61 Å². The SMILES string of the molecule is CN(Cc1ccccc1)C(=O)COC(=O)CCc1nc(-c2ccsc2)no1. The molecule has 27 heavy (non-hydrogen) atoms. The number of carbonyl (C=O) groups excluding carboxylic acids is 2. The molecule has 0 N–H and O–H groups in total. The highest BCUT2D eigenvalue weighted by Crippen LogP contribution is 2.19. The monoisotopic (exact) mass is 385 g/mol. The molecule has 0 spiro atoms. The minimum Gasteiger partial charge on any atom is -0.456 e. The van der Waals surface area contributed by atoms with Gasteiger partial charge in [-0.1, -0.05) is 35.5 Å². The fourth-order valence-corrected chi connectivity index (χ4v) is 2.98. The van der Waals surface area contributed by atoms with Crippen LogP contribution in [0.5, 0.6) is 0 Å². The number of aryl methyl sites for hydroxylation is 1. The number of likely N-dealkylation sites (N-methyl/N-ethyl adjacent to an activating group) is 1. The first-order valence-corrected chi connectivity index (χ1v) is 9.35. The lowest BCUT2D eigenvalue weighted by atomic mass is 10.2. The number of benzene rings is 1. The van der Waals surface area contributed by atoms with E-state index in [1.54, 1.807) is 18.4 Å². The maximum atomic E-state index is 12.1. The Hall–Kier alpha value is -3.00.